The third-order valence-electron chi connectivity index (χ3n) is 3.68. The molecular formula is C13H19N3OS. The summed E-state index contributed by atoms with van der Waals surface area (Å²) in [6.45, 7) is 4.24. The monoisotopic (exact) mass is 265 g/mol. The van der Waals surface area contributed by atoms with Crippen molar-refractivity contribution in [1.29, 1.82) is 0 Å². The van der Waals surface area contributed by atoms with Gasteiger partial charge in [-0.05, 0) is 31.4 Å². The van der Waals surface area contributed by atoms with Gasteiger partial charge in [-0.25, -0.2) is 0 Å². The molecule has 0 radical (unpaired) electrons. The third kappa shape index (κ3) is 1.91. The first-order chi connectivity index (χ1) is 8.66. The van der Waals surface area contributed by atoms with Crippen molar-refractivity contribution >= 4 is 23.1 Å². The Morgan fingerprint density at radius 3 is 2.78 bits per heavy atom. The smallest absolute Gasteiger partial charge is 0.162 e. The van der Waals surface area contributed by atoms with Crippen molar-refractivity contribution in [2.24, 2.45) is 0 Å². The first-order valence-corrected chi connectivity index (χ1v) is 7.37. The molecule has 1 aromatic rings. The van der Waals surface area contributed by atoms with E-state index >= 15 is 0 Å². The maximum Gasteiger partial charge on any atom is 0.162 e. The number of aryl methyl sites for hydroxylation is 1. The van der Waals surface area contributed by atoms with Crippen LogP contribution in [0.25, 0.3) is 0 Å². The van der Waals surface area contributed by atoms with E-state index in [0.717, 1.165) is 40.7 Å². The molecule has 4 N–H and O–H groups in total. The number of fused-ring (bicyclic) bond motifs is 1. The number of thioether (sulfide) groups is 1. The van der Waals surface area contributed by atoms with Crippen molar-refractivity contribution < 1.29 is 4.74 Å². The number of benzene rings is 1. The van der Waals surface area contributed by atoms with Crippen LogP contribution in [-0.4, -0.2) is 30.0 Å². The van der Waals surface area contributed by atoms with Crippen molar-refractivity contribution in [2.75, 3.05) is 30.3 Å². The Morgan fingerprint density at radius 1 is 1.33 bits per heavy atom. The second-order valence-electron chi connectivity index (χ2n) is 4.98. The molecular weight excluding hydrogens is 246 g/mol. The zero-order chi connectivity index (χ0) is 12.7. The molecule has 1 unspecified atom stereocenters. The standard InChI is InChI=1S/C13H19N3OS/c1-8-6-9(14)12-13(11(8)15)18-7-10(17-12)16-4-2-3-5-16/h6,10H,2-5,7,14-15H2,1H3. The zero-order valence-electron chi connectivity index (χ0n) is 10.6. The molecule has 0 amide bonds. The summed E-state index contributed by atoms with van der Waals surface area (Å²) >= 11 is 1.77. The van der Waals surface area contributed by atoms with Crippen molar-refractivity contribution in [3.8, 4) is 5.75 Å². The number of nitrogens with two attached hydrogens (primary N) is 2. The van der Waals surface area contributed by atoms with Crippen LogP contribution >= 0.6 is 11.8 Å². The first kappa shape index (κ1) is 12.0. The normalized spacial score (nSPS) is 23.7. The SMILES string of the molecule is Cc1cc(N)c2c(c1N)SCC(N1CCCC1)O2. The van der Waals surface area contributed by atoms with Gasteiger partial charge in [0.2, 0.25) is 0 Å². The van der Waals surface area contributed by atoms with E-state index in [4.69, 9.17) is 16.2 Å². The summed E-state index contributed by atoms with van der Waals surface area (Å²) in [5.41, 5.74) is 14.7. The van der Waals surface area contributed by atoms with Gasteiger partial charge in [0, 0.05) is 18.8 Å². The number of likely N-dealkylation sites (tertiary alicyclic amines) is 1. The third-order valence-corrected chi connectivity index (χ3v) is 4.83. The predicted molar refractivity (Wildman–Crippen MR) is 76.0 cm³/mol. The topological polar surface area (TPSA) is 64.5 Å². The summed E-state index contributed by atoms with van der Waals surface area (Å²) in [5.74, 6) is 1.71. The minimum absolute atomic E-state index is 0.148. The molecule has 2 aliphatic heterocycles. The van der Waals surface area contributed by atoms with Gasteiger partial charge >= 0.3 is 0 Å². The second kappa shape index (κ2) is 4.55. The molecule has 5 heteroatoms. The Morgan fingerprint density at radius 2 is 2.06 bits per heavy atom. The lowest BCUT2D eigenvalue weighted by Gasteiger charge is -2.33. The lowest BCUT2D eigenvalue weighted by Crippen LogP contribution is -2.41. The molecule has 98 valence electrons. The van der Waals surface area contributed by atoms with Crippen LogP contribution in [0.5, 0.6) is 5.75 Å². The van der Waals surface area contributed by atoms with Gasteiger partial charge in [0.15, 0.2) is 12.0 Å². The van der Waals surface area contributed by atoms with Crippen LogP contribution in [0.15, 0.2) is 11.0 Å². The molecule has 0 bridgehead atoms. The van der Waals surface area contributed by atoms with Crippen LogP contribution in [0, 0.1) is 6.92 Å². The molecule has 0 aliphatic carbocycles. The van der Waals surface area contributed by atoms with Gasteiger partial charge in [0.25, 0.3) is 0 Å². The van der Waals surface area contributed by atoms with Gasteiger partial charge in [-0.3, -0.25) is 4.90 Å². The Labute approximate surface area is 112 Å². The van der Waals surface area contributed by atoms with Gasteiger partial charge < -0.3 is 16.2 Å². The Kier molecular flexibility index (Phi) is 3.03. The number of hydrogen-bond donors (Lipinski definition) is 2. The Bertz CT molecular complexity index is 472. The van der Waals surface area contributed by atoms with Crippen molar-refractivity contribution in [3.63, 3.8) is 0 Å². The average Bonchev–Trinajstić information content (AvgIpc) is 2.89. The number of nitrogen functional groups attached to an aromatic ring is 2. The maximum atomic E-state index is 6.10. The predicted octanol–water partition coefficient (Wildman–Crippen LogP) is 2.07. The summed E-state index contributed by atoms with van der Waals surface area (Å²) in [5, 5.41) is 0. The fraction of sp³-hybridized carbons (Fsp3) is 0.538. The van der Waals surface area contributed by atoms with E-state index in [1.54, 1.807) is 11.8 Å². The van der Waals surface area contributed by atoms with E-state index in [9.17, 15) is 0 Å². The van der Waals surface area contributed by atoms with Crippen LogP contribution in [0.2, 0.25) is 0 Å². The van der Waals surface area contributed by atoms with Crippen molar-refractivity contribution in [3.05, 3.63) is 11.6 Å². The van der Waals surface area contributed by atoms with Gasteiger partial charge in [-0.15, -0.1) is 11.8 Å². The fourth-order valence-electron chi connectivity index (χ4n) is 2.61. The van der Waals surface area contributed by atoms with Crippen LogP contribution in [0.3, 0.4) is 0 Å². The summed E-state index contributed by atoms with van der Waals surface area (Å²) in [4.78, 5) is 3.41. The number of hydrogen-bond acceptors (Lipinski definition) is 5. The molecule has 2 heterocycles. The Hall–Kier alpha value is -1.07. The highest BCUT2D eigenvalue weighted by Crippen LogP contribution is 2.45. The van der Waals surface area contributed by atoms with E-state index < -0.39 is 0 Å². The molecule has 4 nitrogen and oxygen atoms in total. The molecule has 1 aromatic carbocycles. The van der Waals surface area contributed by atoms with Gasteiger partial charge in [-0.2, -0.15) is 0 Å². The van der Waals surface area contributed by atoms with Gasteiger partial charge in [-0.1, -0.05) is 0 Å². The lowest BCUT2D eigenvalue weighted by molar-refractivity contribution is 0.0584. The van der Waals surface area contributed by atoms with Crippen molar-refractivity contribution in [2.45, 2.75) is 30.9 Å². The van der Waals surface area contributed by atoms with Crippen LogP contribution in [0.4, 0.5) is 11.4 Å². The summed E-state index contributed by atoms with van der Waals surface area (Å²) in [7, 11) is 0. The molecule has 0 saturated carbocycles. The second-order valence-corrected chi connectivity index (χ2v) is 6.01. The molecule has 1 fully saturated rings. The van der Waals surface area contributed by atoms with E-state index in [-0.39, 0.29) is 6.23 Å². The number of anilines is 2. The van der Waals surface area contributed by atoms with Gasteiger partial charge in [0.05, 0.1) is 16.3 Å². The van der Waals surface area contributed by atoms with Crippen LogP contribution in [-0.2, 0) is 0 Å². The average molecular weight is 265 g/mol. The van der Waals surface area contributed by atoms with Crippen molar-refractivity contribution in [1.82, 2.24) is 4.90 Å². The highest BCUT2D eigenvalue weighted by atomic mass is 32.2. The molecule has 0 spiro atoms. The van der Waals surface area contributed by atoms with E-state index in [1.807, 2.05) is 13.0 Å². The summed E-state index contributed by atoms with van der Waals surface area (Å²) in [6.07, 6.45) is 2.68. The lowest BCUT2D eigenvalue weighted by atomic mass is 10.1. The molecule has 3 rings (SSSR count). The minimum Gasteiger partial charge on any atom is -0.471 e. The highest BCUT2D eigenvalue weighted by molar-refractivity contribution is 7.99. The molecule has 0 aromatic heterocycles. The largest absolute Gasteiger partial charge is 0.471 e. The highest BCUT2D eigenvalue weighted by Gasteiger charge is 2.30. The van der Waals surface area contributed by atoms with Gasteiger partial charge in [0.1, 0.15) is 0 Å². The number of nitrogens with zero attached hydrogens (tertiary/aromatic N) is 1. The number of ether oxygens (including phenoxy) is 1. The molecule has 1 saturated heterocycles. The molecule has 1 atom stereocenters. The quantitative estimate of drug-likeness (QED) is 0.761. The molecule has 2 aliphatic rings. The Balaban J connectivity index is 1.90. The summed E-state index contributed by atoms with van der Waals surface area (Å²) in [6, 6.07) is 1.90. The van der Waals surface area contributed by atoms with E-state index in [1.165, 1.54) is 12.8 Å². The fourth-order valence-corrected chi connectivity index (χ4v) is 3.81. The van der Waals surface area contributed by atoms with Crippen LogP contribution in [0.1, 0.15) is 18.4 Å². The van der Waals surface area contributed by atoms with E-state index in [0.29, 0.717) is 5.69 Å². The summed E-state index contributed by atoms with van der Waals surface area (Å²) < 4.78 is 6.08. The number of rotatable bonds is 1. The molecule has 18 heavy (non-hydrogen) atoms. The van der Waals surface area contributed by atoms with E-state index in [2.05, 4.69) is 4.90 Å². The van der Waals surface area contributed by atoms with Crippen LogP contribution < -0.4 is 16.2 Å². The minimum atomic E-state index is 0.148. The zero-order valence-corrected chi connectivity index (χ0v) is 11.4. The first-order valence-electron chi connectivity index (χ1n) is 6.39. The maximum absolute atomic E-state index is 6.10.